The highest BCUT2D eigenvalue weighted by molar-refractivity contribution is 7.09. The van der Waals surface area contributed by atoms with Gasteiger partial charge in [-0.05, 0) is 13.3 Å². The van der Waals surface area contributed by atoms with Crippen molar-refractivity contribution in [3.8, 4) is 0 Å². The van der Waals surface area contributed by atoms with Crippen molar-refractivity contribution >= 4 is 17.4 Å². The second kappa shape index (κ2) is 8.59. The van der Waals surface area contributed by atoms with E-state index >= 15 is 0 Å². The molecule has 8 nitrogen and oxygen atoms in total. The predicted octanol–water partition coefficient (Wildman–Crippen LogP) is 1.67. The lowest BCUT2D eigenvalue weighted by Crippen LogP contribution is -2.38. The number of aryl methyl sites for hydroxylation is 1. The highest BCUT2D eigenvalue weighted by atomic mass is 32.1. The van der Waals surface area contributed by atoms with E-state index in [1.54, 1.807) is 31.6 Å². The highest BCUT2D eigenvalue weighted by Gasteiger charge is 2.18. The molecule has 126 valence electrons. The van der Waals surface area contributed by atoms with Crippen LogP contribution in [-0.2, 0) is 17.8 Å². The highest BCUT2D eigenvalue weighted by Crippen LogP contribution is 2.11. The fourth-order valence-corrected chi connectivity index (χ4v) is 2.79. The van der Waals surface area contributed by atoms with Crippen LogP contribution in [0.4, 0.5) is 4.79 Å². The van der Waals surface area contributed by atoms with Gasteiger partial charge in [-0.15, -0.1) is 21.5 Å². The van der Waals surface area contributed by atoms with Crippen LogP contribution in [0, 0.1) is 0 Å². The molecule has 0 aliphatic carbocycles. The normalized spacial score (nSPS) is 12.1. The van der Waals surface area contributed by atoms with Gasteiger partial charge in [-0.1, -0.05) is 0 Å². The molecule has 0 aromatic carbocycles. The Morgan fingerprint density at radius 2 is 2.39 bits per heavy atom. The van der Waals surface area contributed by atoms with Gasteiger partial charge in [0, 0.05) is 38.9 Å². The van der Waals surface area contributed by atoms with Crippen molar-refractivity contribution in [2.24, 2.45) is 0 Å². The Morgan fingerprint density at radius 3 is 3.09 bits per heavy atom. The summed E-state index contributed by atoms with van der Waals surface area (Å²) in [5.41, 5.74) is 0. The van der Waals surface area contributed by atoms with Crippen LogP contribution in [-0.4, -0.2) is 51.4 Å². The van der Waals surface area contributed by atoms with Crippen molar-refractivity contribution in [2.75, 3.05) is 20.8 Å². The zero-order chi connectivity index (χ0) is 16.7. The van der Waals surface area contributed by atoms with Gasteiger partial charge < -0.3 is 19.5 Å². The van der Waals surface area contributed by atoms with Crippen molar-refractivity contribution in [1.29, 1.82) is 0 Å². The number of thiazole rings is 1. The van der Waals surface area contributed by atoms with Gasteiger partial charge in [-0.25, -0.2) is 9.78 Å². The van der Waals surface area contributed by atoms with Crippen LogP contribution in [0.3, 0.4) is 0 Å². The SMILES string of the molecule is COCCCn1cnnc1[C@@H](C)NC(=O)N(C)Cc1nccs1. The smallest absolute Gasteiger partial charge is 0.318 e. The molecule has 2 aromatic rings. The molecule has 0 bridgehead atoms. The number of hydrogen-bond donors (Lipinski definition) is 1. The molecule has 0 saturated carbocycles. The first kappa shape index (κ1) is 17.4. The zero-order valence-electron chi connectivity index (χ0n) is 13.6. The molecule has 1 atom stereocenters. The summed E-state index contributed by atoms with van der Waals surface area (Å²) >= 11 is 1.53. The molecule has 1 N–H and O–H groups in total. The zero-order valence-corrected chi connectivity index (χ0v) is 14.4. The predicted molar refractivity (Wildman–Crippen MR) is 87.0 cm³/mol. The number of hydrogen-bond acceptors (Lipinski definition) is 6. The minimum Gasteiger partial charge on any atom is -0.385 e. The van der Waals surface area contributed by atoms with Crippen LogP contribution in [0.5, 0.6) is 0 Å². The molecular formula is C14H22N6O2S. The number of nitrogens with one attached hydrogen (secondary N) is 1. The molecule has 0 saturated heterocycles. The molecule has 0 aliphatic heterocycles. The van der Waals surface area contributed by atoms with E-state index in [4.69, 9.17) is 4.74 Å². The average molecular weight is 338 g/mol. The quantitative estimate of drug-likeness (QED) is 0.740. The first-order chi connectivity index (χ1) is 11.1. The summed E-state index contributed by atoms with van der Waals surface area (Å²) in [6.45, 7) is 3.81. The summed E-state index contributed by atoms with van der Waals surface area (Å²) in [4.78, 5) is 18.0. The number of nitrogens with zero attached hydrogens (tertiary/aromatic N) is 5. The summed E-state index contributed by atoms with van der Waals surface area (Å²) in [5, 5.41) is 13.8. The molecule has 0 radical (unpaired) electrons. The molecule has 2 heterocycles. The summed E-state index contributed by atoms with van der Waals surface area (Å²) in [6.07, 6.45) is 4.27. The summed E-state index contributed by atoms with van der Waals surface area (Å²) in [6, 6.07) is -0.398. The summed E-state index contributed by atoms with van der Waals surface area (Å²) in [5.74, 6) is 0.733. The van der Waals surface area contributed by atoms with E-state index in [1.165, 1.54) is 11.3 Å². The third kappa shape index (κ3) is 5.00. The minimum atomic E-state index is -0.230. The number of methoxy groups -OCH3 is 1. The molecule has 2 amide bonds. The van der Waals surface area contributed by atoms with E-state index < -0.39 is 0 Å². The van der Waals surface area contributed by atoms with Crippen molar-refractivity contribution in [3.05, 3.63) is 28.7 Å². The number of carbonyl (C=O) groups is 1. The molecule has 0 spiro atoms. The van der Waals surface area contributed by atoms with Gasteiger partial charge in [-0.3, -0.25) is 0 Å². The van der Waals surface area contributed by atoms with E-state index in [2.05, 4.69) is 20.5 Å². The number of ether oxygens (including phenoxy) is 1. The van der Waals surface area contributed by atoms with Crippen LogP contribution < -0.4 is 5.32 Å². The number of urea groups is 1. The Balaban J connectivity index is 1.89. The first-order valence-corrected chi connectivity index (χ1v) is 8.26. The van der Waals surface area contributed by atoms with Gasteiger partial charge in [0.25, 0.3) is 0 Å². The minimum absolute atomic E-state index is 0.167. The first-order valence-electron chi connectivity index (χ1n) is 7.38. The second-order valence-corrected chi connectivity index (χ2v) is 6.16. The lowest BCUT2D eigenvalue weighted by atomic mass is 10.3. The number of carbonyl (C=O) groups excluding carboxylic acids is 1. The Morgan fingerprint density at radius 1 is 1.57 bits per heavy atom. The van der Waals surface area contributed by atoms with Crippen LogP contribution in [0.15, 0.2) is 17.9 Å². The molecular weight excluding hydrogens is 316 g/mol. The number of rotatable bonds is 8. The molecule has 2 aromatic heterocycles. The van der Waals surface area contributed by atoms with Crippen molar-refractivity contribution in [2.45, 2.75) is 32.5 Å². The second-order valence-electron chi connectivity index (χ2n) is 5.18. The van der Waals surface area contributed by atoms with Crippen LogP contribution >= 0.6 is 11.3 Å². The average Bonchev–Trinajstić information content (AvgIpc) is 3.18. The van der Waals surface area contributed by atoms with E-state index in [0.717, 1.165) is 23.8 Å². The van der Waals surface area contributed by atoms with E-state index in [0.29, 0.717) is 13.2 Å². The van der Waals surface area contributed by atoms with Gasteiger partial charge in [0.05, 0.1) is 12.6 Å². The topological polar surface area (TPSA) is 85.2 Å². The summed E-state index contributed by atoms with van der Waals surface area (Å²) < 4.78 is 6.99. The molecule has 2 rings (SSSR count). The molecule has 23 heavy (non-hydrogen) atoms. The monoisotopic (exact) mass is 338 g/mol. The van der Waals surface area contributed by atoms with Crippen LogP contribution in [0.2, 0.25) is 0 Å². The maximum atomic E-state index is 12.3. The van der Waals surface area contributed by atoms with Gasteiger partial charge in [0.15, 0.2) is 5.82 Å². The summed E-state index contributed by atoms with van der Waals surface area (Å²) in [7, 11) is 3.42. The van der Waals surface area contributed by atoms with Gasteiger partial charge >= 0.3 is 6.03 Å². The van der Waals surface area contributed by atoms with E-state index in [1.807, 2.05) is 16.9 Å². The van der Waals surface area contributed by atoms with Crippen molar-refractivity contribution in [3.63, 3.8) is 0 Å². The van der Waals surface area contributed by atoms with E-state index in [-0.39, 0.29) is 12.1 Å². The Bertz CT molecular complexity index is 600. The molecule has 0 unspecified atom stereocenters. The fraction of sp³-hybridized carbons (Fsp3) is 0.571. The lowest BCUT2D eigenvalue weighted by molar-refractivity contribution is 0.189. The molecule has 9 heteroatoms. The van der Waals surface area contributed by atoms with Gasteiger partial charge in [0.2, 0.25) is 0 Å². The van der Waals surface area contributed by atoms with E-state index in [9.17, 15) is 4.79 Å². The molecule has 0 fully saturated rings. The lowest BCUT2D eigenvalue weighted by Gasteiger charge is -2.20. The number of amides is 2. The maximum Gasteiger partial charge on any atom is 0.318 e. The standard InChI is InChI=1S/C14H22N6O2S/c1-11(13-18-16-10-20(13)6-4-7-22-3)17-14(21)19(2)9-12-15-5-8-23-12/h5,8,10-11H,4,6-7,9H2,1-3H3,(H,17,21)/t11-/m1/s1. The fourth-order valence-electron chi connectivity index (χ4n) is 2.12. The van der Waals surface area contributed by atoms with Gasteiger partial charge in [-0.2, -0.15) is 0 Å². The van der Waals surface area contributed by atoms with Crippen LogP contribution in [0.1, 0.15) is 30.2 Å². The third-order valence-corrected chi connectivity index (χ3v) is 4.09. The van der Waals surface area contributed by atoms with Crippen molar-refractivity contribution in [1.82, 2.24) is 30.0 Å². The third-order valence-electron chi connectivity index (χ3n) is 3.32. The van der Waals surface area contributed by atoms with Crippen LogP contribution in [0.25, 0.3) is 0 Å². The number of aromatic nitrogens is 4. The van der Waals surface area contributed by atoms with Gasteiger partial charge in [0.1, 0.15) is 11.3 Å². The van der Waals surface area contributed by atoms with Crippen molar-refractivity contribution < 1.29 is 9.53 Å². The Hall–Kier alpha value is -2.00. The Labute approximate surface area is 139 Å². The largest absolute Gasteiger partial charge is 0.385 e. The molecule has 0 aliphatic rings. The maximum absolute atomic E-state index is 12.3. The Kier molecular flexibility index (Phi) is 6.48.